The number of ether oxygens (including phenoxy) is 1. The lowest BCUT2D eigenvalue weighted by Gasteiger charge is -2.12. The fraction of sp³-hybridized carbons (Fsp3) is 0.345. The molecule has 1 heterocycles. The number of amides is 1. The van der Waals surface area contributed by atoms with E-state index >= 15 is 0 Å². The van der Waals surface area contributed by atoms with Gasteiger partial charge < -0.3 is 20.7 Å². The summed E-state index contributed by atoms with van der Waals surface area (Å²) in [6, 6.07) is 4.05. The summed E-state index contributed by atoms with van der Waals surface area (Å²) in [7, 11) is 0. The van der Waals surface area contributed by atoms with Crippen molar-refractivity contribution in [2.45, 2.75) is 33.6 Å². The topological polar surface area (TPSA) is 62.4 Å². The van der Waals surface area contributed by atoms with Crippen LogP contribution in [0.25, 0.3) is 0 Å². The zero-order chi connectivity index (χ0) is 26.3. The molecule has 0 bridgehead atoms. The highest BCUT2D eigenvalue weighted by Crippen LogP contribution is 2.21. The van der Waals surface area contributed by atoms with Crippen LogP contribution in [0.1, 0.15) is 44.0 Å². The van der Waals surface area contributed by atoms with Crippen molar-refractivity contribution >= 4 is 17.5 Å². The summed E-state index contributed by atoms with van der Waals surface area (Å²) in [5, 5.41) is 10.0. The Kier molecular flexibility index (Phi) is 12.8. The maximum atomic E-state index is 14.4. The van der Waals surface area contributed by atoms with Crippen LogP contribution in [-0.2, 0) is 0 Å². The van der Waals surface area contributed by atoms with Crippen LogP contribution in [0.3, 0.4) is 0 Å². The molecule has 0 saturated heterocycles. The van der Waals surface area contributed by atoms with E-state index in [0.717, 1.165) is 37.2 Å². The first-order valence-electron chi connectivity index (χ1n) is 12.2. The number of carbonyl (C=O) groups is 1. The standard InChI is InChI=1S/C29H37ClFN3O2/c1-5-21(3)8-7-9-23(6-2)20-36-28-17-24(10-11-27(28)31)29(35)34-26-16-22(4)19-33-15-14-32-13-12-25(30)18-26/h6-11,16-19,21,32-33H,2,5,12-15,20H2,1,3-4H3,(H,34,35)/b8-7-,22-19+,23-9+,25-18+,26-16+. The number of rotatable bonds is 9. The van der Waals surface area contributed by atoms with Crippen molar-refractivity contribution in [2.75, 3.05) is 26.2 Å². The number of carbonyl (C=O) groups excluding carboxylic acids is 1. The average Bonchev–Trinajstić information content (AvgIpc) is 2.85. The lowest BCUT2D eigenvalue weighted by atomic mass is 10.1. The maximum absolute atomic E-state index is 14.4. The quantitative estimate of drug-likeness (QED) is 0.347. The monoisotopic (exact) mass is 513 g/mol. The van der Waals surface area contributed by atoms with Crippen molar-refractivity contribution in [3.8, 4) is 5.75 Å². The number of nitrogens with one attached hydrogen (secondary N) is 3. The molecule has 36 heavy (non-hydrogen) atoms. The maximum Gasteiger partial charge on any atom is 0.255 e. The second kappa shape index (κ2) is 15.8. The third-order valence-electron chi connectivity index (χ3n) is 5.51. The van der Waals surface area contributed by atoms with Crippen LogP contribution in [-0.4, -0.2) is 32.1 Å². The van der Waals surface area contributed by atoms with Gasteiger partial charge in [-0.3, -0.25) is 4.79 Å². The first kappa shape index (κ1) is 29.1. The fourth-order valence-corrected chi connectivity index (χ4v) is 3.38. The van der Waals surface area contributed by atoms with Crippen LogP contribution in [0.5, 0.6) is 5.75 Å². The van der Waals surface area contributed by atoms with Crippen molar-refractivity contribution in [1.82, 2.24) is 16.0 Å². The van der Waals surface area contributed by atoms with Crippen LogP contribution in [0.15, 0.2) is 89.3 Å². The Morgan fingerprint density at radius 2 is 2.11 bits per heavy atom. The normalized spacial score (nSPS) is 20.8. The van der Waals surface area contributed by atoms with E-state index in [1.54, 1.807) is 12.2 Å². The molecule has 1 amide bonds. The van der Waals surface area contributed by atoms with Gasteiger partial charge >= 0.3 is 0 Å². The Hall–Kier alpha value is -3.09. The molecule has 0 saturated carbocycles. The minimum atomic E-state index is -0.546. The molecule has 5 nitrogen and oxygen atoms in total. The zero-order valence-electron chi connectivity index (χ0n) is 21.4. The van der Waals surface area contributed by atoms with Gasteiger partial charge in [0.05, 0.1) is 0 Å². The average molecular weight is 514 g/mol. The summed E-state index contributed by atoms with van der Waals surface area (Å²) in [6.45, 7) is 12.4. The smallest absolute Gasteiger partial charge is 0.255 e. The SMILES string of the molecule is C=C/C(=C\C=C/C(C)CC)COc1cc(C(=O)NC2=C/C(C)=C/NCCNCC/C(Cl)=C\2)ccc1F. The Morgan fingerprint density at radius 1 is 1.31 bits per heavy atom. The molecule has 0 aliphatic carbocycles. The molecule has 1 aliphatic heterocycles. The first-order valence-corrected chi connectivity index (χ1v) is 12.6. The molecule has 1 aliphatic rings. The van der Waals surface area contributed by atoms with E-state index in [1.807, 2.05) is 31.4 Å². The molecule has 0 radical (unpaired) electrons. The third kappa shape index (κ3) is 10.7. The zero-order valence-corrected chi connectivity index (χ0v) is 22.1. The van der Waals surface area contributed by atoms with Gasteiger partial charge in [-0.05, 0) is 67.0 Å². The summed E-state index contributed by atoms with van der Waals surface area (Å²) >= 11 is 6.38. The molecular weight excluding hydrogens is 477 g/mol. The minimum absolute atomic E-state index is 0.00565. The summed E-state index contributed by atoms with van der Waals surface area (Å²) in [5.74, 6) is -0.480. The summed E-state index contributed by atoms with van der Waals surface area (Å²) in [4.78, 5) is 13.0. The number of allylic oxidation sites excluding steroid dienone is 6. The Balaban J connectivity index is 2.17. The van der Waals surface area contributed by atoms with Crippen LogP contribution >= 0.6 is 11.6 Å². The molecule has 3 N–H and O–H groups in total. The number of halogens is 2. The fourth-order valence-electron chi connectivity index (χ4n) is 3.17. The first-order chi connectivity index (χ1) is 17.3. The Bertz CT molecular complexity index is 1060. The second-order valence-electron chi connectivity index (χ2n) is 8.64. The summed E-state index contributed by atoms with van der Waals surface area (Å²) in [6.07, 6.45) is 14.7. The van der Waals surface area contributed by atoms with Crippen LogP contribution in [0, 0.1) is 11.7 Å². The lowest BCUT2D eigenvalue weighted by molar-refractivity contribution is 0.0966. The molecule has 194 valence electrons. The van der Waals surface area contributed by atoms with Crippen LogP contribution < -0.4 is 20.7 Å². The minimum Gasteiger partial charge on any atom is -0.486 e. The largest absolute Gasteiger partial charge is 0.486 e. The van der Waals surface area contributed by atoms with Crippen molar-refractivity contribution in [3.05, 3.63) is 101 Å². The summed E-state index contributed by atoms with van der Waals surface area (Å²) < 4.78 is 20.1. The van der Waals surface area contributed by atoms with Crippen molar-refractivity contribution < 1.29 is 13.9 Å². The highest BCUT2D eigenvalue weighted by Gasteiger charge is 2.13. The van der Waals surface area contributed by atoms with Gasteiger partial charge in [0.15, 0.2) is 11.6 Å². The van der Waals surface area contributed by atoms with Gasteiger partial charge in [-0.1, -0.05) is 62.8 Å². The Morgan fingerprint density at radius 3 is 2.86 bits per heavy atom. The molecule has 1 aromatic carbocycles. The second-order valence-corrected chi connectivity index (χ2v) is 9.12. The van der Waals surface area contributed by atoms with Crippen LogP contribution in [0.2, 0.25) is 0 Å². The molecule has 2 rings (SSSR count). The van der Waals surface area contributed by atoms with E-state index in [1.165, 1.54) is 18.2 Å². The van der Waals surface area contributed by atoms with Crippen LogP contribution in [0.4, 0.5) is 4.39 Å². The number of hydrogen-bond donors (Lipinski definition) is 3. The van der Waals surface area contributed by atoms with Crippen molar-refractivity contribution in [3.63, 3.8) is 0 Å². The molecule has 1 unspecified atom stereocenters. The van der Waals surface area contributed by atoms with Gasteiger partial charge in [-0.2, -0.15) is 0 Å². The molecule has 0 spiro atoms. The van der Waals surface area contributed by atoms with Gasteiger partial charge in [-0.15, -0.1) is 0 Å². The highest BCUT2D eigenvalue weighted by atomic mass is 35.5. The van der Waals surface area contributed by atoms with Gasteiger partial charge in [0, 0.05) is 35.9 Å². The van der Waals surface area contributed by atoms with E-state index < -0.39 is 11.7 Å². The lowest BCUT2D eigenvalue weighted by Crippen LogP contribution is -2.26. The third-order valence-corrected chi connectivity index (χ3v) is 5.81. The van der Waals surface area contributed by atoms with E-state index in [4.69, 9.17) is 16.3 Å². The van der Waals surface area contributed by atoms with E-state index in [0.29, 0.717) is 23.1 Å². The number of hydrogen-bond acceptors (Lipinski definition) is 4. The molecule has 1 atom stereocenters. The molecular formula is C29H37ClFN3O2. The van der Waals surface area contributed by atoms with Gasteiger partial charge in [-0.25, -0.2) is 4.39 Å². The van der Waals surface area contributed by atoms with Crippen molar-refractivity contribution in [2.24, 2.45) is 5.92 Å². The van der Waals surface area contributed by atoms with E-state index in [9.17, 15) is 9.18 Å². The Labute approximate surface area is 219 Å². The van der Waals surface area contributed by atoms with E-state index in [-0.39, 0.29) is 17.9 Å². The number of benzene rings is 1. The van der Waals surface area contributed by atoms with E-state index in [2.05, 4.69) is 42.5 Å². The predicted octanol–water partition coefficient (Wildman–Crippen LogP) is 6.14. The molecule has 0 aromatic heterocycles. The van der Waals surface area contributed by atoms with Gasteiger partial charge in [0.25, 0.3) is 5.91 Å². The predicted molar refractivity (Wildman–Crippen MR) is 148 cm³/mol. The van der Waals surface area contributed by atoms with Gasteiger partial charge in [0.1, 0.15) is 6.61 Å². The summed E-state index contributed by atoms with van der Waals surface area (Å²) in [5.41, 5.74) is 2.52. The molecule has 0 fully saturated rings. The van der Waals surface area contributed by atoms with Crippen molar-refractivity contribution in [1.29, 1.82) is 0 Å². The highest BCUT2D eigenvalue weighted by molar-refractivity contribution is 6.29. The molecule has 1 aromatic rings. The molecule has 7 heteroatoms. The van der Waals surface area contributed by atoms with Gasteiger partial charge in [0.2, 0.25) is 0 Å².